The number of carbonyl (C=O) groups is 1. The van der Waals surface area contributed by atoms with Gasteiger partial charge in [-0.25, -0.2) is 4.79 Å². The zero-order valence-electron chi connectivity index (χ0n) is 7.44. The lowest BCUT2D eigenvalue weighted by Crippen LogP contribution is -2.10. The number of halogens is 2. The normalized spacial score (nSPS) is 10.8. The Kier molecular flexibility index (Phi) is 2.79. The van der Waals surface area contributed by atoms with E-state index < -0.39 is 6.09 Å². The maximum Gasteiger partial charge on any atom is 0.432 e. The average Bonchev–Trinajstić information content (AvgIpc) is 2.59. The summed E-state index contributed by atoms with van der Waals surface area (Å²) in [6, 6.07) is 3.71. The molecule has 0 spiro atoms. The van der Waals surface area contributed by atoms with Crippen LogP contribution in [0.1, 0.15) is 5.56 Å². The Balaban J connectivity index is 2.83. The monoisotopic (exact) mass is 332 g/mol. The Morgan fingerprint density at radius 2 is 2.27 bits per heavy atom. The molecule has 0 aliphatic rings. The maximum absolute atomic E-state index is 10.9. The van der Waals surface area contributed by atoms with Crippen molar-refractivity contribution in [2.24, 2.45) is 0 Å². The van der Waals surface area contributed by atoms with Crippen molar-refractivity contribution in [3.8, 4) is 0 Å². The van der Waals surface area contributed by atoms with Crippen LogP contribution in [0, 0.1) is 0 Å². The number of aromatic nitrogens is 2. The van der Waals surface area contributed by atoms with Crippen LogP contribution >= 0.6 is 31.9 Å². The van der Waals surface area contributed by atoms with E-state index >= 15 is 0 Å². The fourth-order valence-electron chi connectivity index (χ4n) is 1.46. The van der Waals surface area contributed by atoms with E-state index in [0.717, 1.165) is 20.1 Å². The summed E-state index contributed by atoms with van der Waals surface area (Å²) in [6.45, 7) is 0. The van der Waals surface area contributed by atoms with Crippen LogP contribution in [0.15, 0.2) is 22.8 Å². The minimum atomic E-state index is -1.07. The topological polar surface area (TPSA) is 55.1 Å². The van der Waals surface area contributed by atoms with Crippen LogP contribution in [0.3, 0.4) is 0 Å². The molecule has 1 aromatic carbocycles. The van der Waals surface area contributed by atoms with Crippen LogP contribution in [-0.4, -0.2) is 21.0 Å². The fourth-order valence-corrected chi connectivity index (χ4v) is 2.41. The van der Waals surface area contributed by atoms with Gasteiger partial charge in [0.05, 0.1) is 11.7 Å². The number of alkyl halides is 1. The van der Waals surface area contributed by atoms with Gasteiger partial charge in [-0.15, -0.1) is 0 Å². The van der Waals surface area contributed by atoms with Crippen molar-refractivity contribution in [1.29, 1.82) is 0 Å². The molecule has 0 saturated carbocycles. The van der Waals surface area contributed by atoms with Crippen LogP contribution in [0.5, 0.6) is 0 Å². The summed E-state index contributed by atoms with van der Waals surface area (Å²) in [5, 5.41) is 14.1. The summed E-state index contributed by atoms with van der Waals surface area (Å²) < 4.78 is 1.90. The fraction of sp³-hybridized carbons (Fsp3) is 0.111. The summed E-state index contributed by atoms with van der Waals surface area (Å²) in [5.74, 6) is 0. The minimum Gasteiger partial charge on any atom is -0.463 e. The first-order valence-corrected chi connectivity index (χ1v) is 6.00. The highest BCUT2D eigenvalue weighted by Gasteiger charge is 2.12. The maximum atomic E-state index is 10.9. The van der Waals surface area contributed by atoms with Gasteiger partial charge in [-0.05, 0) is 17.7 Å². The summed E-state index contributed by atoms with van der Waals surface area (Å²) >= 11 is 6.69. The van der Waals surface area contributed by atoms with Gasteiger partial charge >= 0.3 is 6.09 Å². The Bertz CT molecular complexity index is 536. The van der Waals surface area contributed by atoms with Crippen molar-refractivity contribution in [2.45, 2.75) is 5.33 Å². The Morgan fingerprint density at radius 1 is 1.53 bits per heavy atom. The molecular weight excluding hydrogens is 328 g/mol. The van der Waals surface area contributed by atoms with Gasteiger partial charge in [0.25, 0.3) is 0 Å². The van der Waals surface area contributed by atoms with E-state index in [1.54, 1.807) is 6.20 Å². The van der Waals surface area contributed by atoms with Crippen molar-refractivity contribution in [1.82, 2.24) is 9.78 Å². The number of nitrogens with zero attached hydrogens (tertiary/aromatic N) is 2. The van der Waals surface area contributed by atoms with Gasteiger partial charge in [0.2, 0.25) is 0 Å². The van der Waals surface area contributed by atoms with E-state index in [1.165, 1.54) is 0 Å². The molecule has 0 atom stereocenters. The first kappa shape index (κ1) is 10.6. The first-order valence-electron chi connectivity index (χ1n) is 4.09. The number of hydrogen-bond acceptors (Lipinski definition) is 2. The molecule has 6 heteroatoms. The lowest BCUT2D eigenvalue weighted by atomic mass is 10.2. The van der Waals surface area contributed by atoms with Gasteiger partial charge in [0.15, 0.2) is 0 Å². The summed E-state index contributed by atoms with van der Waals surface area (Å²) in [4.78, 5) is 10.9. The van der Waals surface area contributed by atoms with E-state index in [2.05, 4.69) is 37.0 Å². The Morgan fingerprint density at radius 3 is 2.87 bits per heavy atom. The third-order valence-corrected chi connectivity index (χ3v) is 3.09. The third-order valence-electron chi connectivity index (χ3n) is 2.03. The minimum absolute atomic E-state index is 0.585. The molecule has 0 unspecified atom stereocenters. The summed E-state index contributed by atoms with van der Waals surface area (Å²) in [7, 11) is 0. The standard InChI is InChI=1S/C9H6Br2N2O2/c10-3-5-1-7(11)2-6-4-12-13(8(5)6)9(14)15/h1-2,4H,3H2,(H,14,15). The van der Waals surface area contributed by atoms with Gasteiger partial charge in [-0.2, -0.15) is 9.78 Å². The molecule has 1 aromatic heterocycles. The quantitative estimate of drug-likeness (QED) is 0.815. The molecule has 0 radical (unpaired) electrons. The molecule has 2 aromatic rings. The van der Waals surface area contributed by atoms with Gasteiger partial charge < -0.3 is 5.11 Å². The number of carboxylic acid groups (broad SMARTS) is 1. The van der Waals surface area contributed by atoms with Crippen molar-refractivity contribution in [2.75, 3.05) is 0 Å². The van der Waals surface area contributed by atoms with Crippen LogP contribution in [0.25, 0.3) is 10.9 Å². The average molecular weight is 334 g/mol. The number of benzene rings is 1. The van der Waals surface area contributed by atoms with Crippen LogP contribution < -0.4 is 0 Å². The molecule has 0 fully saturated rings. The second kappa shape index (κ2) is 3.94. The summed E-state index contributed by atoms with van der Waals surface area (Å²) in [5.41, 5.74) is 1.52. The highest BCUT2D eigenvalue weighted by molar-refractivity contribution is 9.10. The van der Waals surface area contributed by atoms with E-state index in [4.69, 9.17) is 5.11 Å². The van der Waals surface area contributed by atoms with E-state index in [1.807, 2.05) is 12.1 Å². The molecule has 78 valence electrons. The van der Waals surface area contributed by atoms with Crippen LogP contribution in [-0.2, 0) is 5.33 Å². The highest BCUT2D eigenvalue weighted by Crippen LogP contribution is 2.25. The Labute approximate surface area is 102 Å². The molecule has 2 rings (SSSR count). The second-order valence-corrected chi connectivity index (χ2v) is 4.45. The number of hydrogen-bond donors (Lipinski definition) is 1. The van der Waals surface area contributed by atoms with Gasteiger partial charge in [0.1, 0.15) is 0 Å². The third kappa shape index (κ3) is 1.79. The lowest BCUT2D eigenvalue weighted by molar-refractivity contribution is 0.194. The van der Waals surface area contributed by atoms with Crippen molar-refractivity contribution in [3.63, 3.8) is 0 Å². The van der Waals surface area contributed by atoms with Crippen LogP contribution in [0.2, 0.25) is 0 Å². The predicted molar refractivity (Wildman–Crippen MR) is 63.5 cm³/mol. The van der Waals surface area contributed by atoms with E-state index in [9.17, 15) is 4.79 Å². The number of fused-ring (bicyclic) bond motifs is 1. The smallest absolute Gasteiger partial charge is 0.432 e. The molecule has 15 heavy (non-hydrogen) atoms. The summed E-state index contributed by atoms with van der Waals surface area (Å²) in [6.07, 6.45) is 0.468. The van der Waals surface area contributed by atoms with Crippen molar-refractivity contribution >= 4 is 48.9 Å². The molecule has 4 nitrogen and oxygen atoms in total. The largest absolute Gasteiger partial charge is 0.463 e. The predicted octanol–water partition coefficient (Wildman–Crippen LogP) is 3.22. The highest BCUT2D eigenvalue weighted by atomic mass is 79.9. The molecule has 0 bridgehead atoms. The first-order chi connectivity index (χ1) is 7.13. The zero-order valence-corrected chi connectivity index (χ0v) is 10.6. The molecule has 1 N–H and O–H groups in total. The Hall–Kier alpha value is -0.880. The van der Waals surface area contributed by atoms with E-state index in [0.29, 0.717) is 10.8 Å². The molecule has 0 aliphatic heterocycles. The van der Waals surface area contributed by atoms with Crippen molar-refractivity contribution in [3.05, 3.63) is 28.4 Å². The SMILES string of the molecule is O=C(O)n1ncc2cc(Br)cc(CBr)c21. The van der Waals surface area contributed by atoms with Crippen LogP contribution in [0.4, 0.5) is 4.79 Å². The van der Waals surface area contributed by atoms with E-state index in [-0.39, 0.29) is 0 Å². The lowest BCUT2D eigenvalue weighted by Gasteiger charge is -2.02. The number of rotatable bonds is 1. The molecule has 1 heterocycles. The molecule has 0 saturated heterocycles. The molecule has 0 aliphatic carbocycles. The van der Waals surface area contributed by atoms with Gasteiger partial charge in [-0.3, -0.25) is 0 Å². The van der Waals surface area contributed by atoms with Gasteiger partial charge in [0, 0.05) is 15.2 Å². The van der Waals surface area contributed by atoms with Crippen molar-refractivity contribution < 1.29 is 9.90 Å². The second-order valence-electron chi connectivity index (χ2n) is 2.98. The molecular formula is C9H6Br2N2O2. The molecule has 0 amide bonds. The van der Waals surface area contributed by atoms with Gasteiger partial charge in [-0.1, -0.05) is 31.9 Å². The zero-order chi connectivity index (χ0) is 11.0.